The summed E-state index contributed by atoms with van der Waals surface area (Å²) in [6.07, 6.45) is 0. The van der Waals surface area contributed by atoms with Crippen LogP contribution in [-0.4, -0.2) is 0 Å². The van der Waals surface area contributed by atoms with Crippen molar-refractivity contribution < 1.29 is 4.42 Å². The van der Waals surface area contributed by atoms with E-state index in [-0.39, 0.29) is 0 Å². The zero-order valence-electron chi connectivity index (χ0n) is 7.63. The number of furan rings is 1. The van der Waals surface area contributed by atoms with Crippen LogP contribution < -0.4 is 0 Å². The summed E-state index contributed by atoms with van der Waals surface area (Å²) in [5, 5.41) is 2.36. The molecule has 3 heteroatoms. The predicted octanol–water partition coefficient (Wildman–Crippen LogP) is 4.95. The van der Waals surface area contributed by atoms with Gasteiger partial charge in [-0.25, -0.2) is 0 Å². The molecule has 0 aliphatic heterocycles. The van der Waals surface area contributed by atoms with Gasteiger partial charge in [-0.15, -0.1) is 0 Å². The molecule has 1 nitrogen and oxygen atoms in total. The van der Waals surface area contributed by atoms with Gasteiger partial charge in [-0.1, -0.05) is 28.1 Å². The highest BCUT2D eigenvalue weighted by Gasteiger charge is 2.11. The normalized spacial score (nSPS) is 11.3. The molecule has 3 rings (SSSR count). The third-order valence-electron chi connectivity index (χ3n) is 2.42. The molecule has 0 unspecified atom stereocenters. The second kappa shape index (κ2) is 3.49. The molecule has 0 spiro atoms. The molecule has 1 aromatic heterocycles. The first-order valence-electron chi connectivity index (χ1n) is 4.52. The first-order chi connectivity index (χ1) is 7.27. The third kappa shape index (κ3) is 1.40. The van der Waals surface area contributed by atoms with Crippen molar-refractivity contribution in [2.75, 3.05) is 0 Å². The average Bonchev–Trinajstić information content (AvgIpc) is 2.58. The molecule has 0 saturated heterocycles. The Labute approximate surface area is 109 Å². The Balaban J connectivity index is 2.67. The maximum atomic E-state index is 5.78. The Hall–Kier alpha value is -0.550. The minimum absolute atomic E-state index is 0.934. The molecule has 0 radical (unpaired) electrons. The number of benzene rings is 2. The molecule has 0 fully saturated rings. The van der Waals surface area contributed by atoms with E-state index in [1.54, 1.807) is 0 Å². The number of fused-ring (bicyclic) bond motifs is 3. The Kier molecular flexibility index (Phi) is 2.25. The number of hydrogen-bond donors (Lipinski definition) is 0. The topological polar surface area (TPSA) is 13.1 Å². The van der Waals surface area contributed by atoms with Gasteiger partial charge in [0.2, 0.25) is 0 Å². The van der Waals surface area contributed by atoms with Crippen LogP contribution >= 0.6 is 38.5 Å². The third-order valence-corrected chi connectivity index (χ3v) is 3.98. The maximum Gasteiger partial charge on any atom is 0.136 e. The van der Waals surface area contributed by atoms with Gasteiger partial charge in [0, 0.05) is 18.8 Å². The van der Waals surface area contributed by atoms with Crippen molar-refractivity contribution >= 4 is 60.5 Å². The van der Waals surface area contributed by atoms with Crippen LogP contribution in [0.2, 0.25) is 0 Å². The molecule has 0 aliphatic carbocycles. The molecule has 3 aromatic rings. The Morgan fingerprint density at radius 3 is 2.40 bits per heavy atom. The lowest BCUT2D eigenvalue weighted by atomic mass is 10.1. The Bertz CT molecular complexity index is 601. The van der Waals surface area contributed by atoms with E-state index in [4.69, 9.17) is 4.42 Å². The second-order valence-corrected chi connectivity index (χ2v) is 5.34. The largest absolute Gasteiger partial charge is 0.456 e. The lowest BCUT2D eigenvalue weighted by molar-refractivity contribution is 0.668. The fourth-order valence-electron chi connectivity index (χ4n) is 1.78. The van der Waals surface area contributed by atoms with Gasteiger partial charge in [0.25, 0.3) is 0 Å². The minimum Gasteiger partial charge on any atom is -0.456 e. The van der Waals surface area contributed by atoms with Crippen molar-refractivity contribution in [1.29, 1.82) is 0 Å². The minimum atomic E-state index is 0.934. The van der Waals surface area contributed by atoms with Crippen LogP contribution in [0.5, 0.6) is 0 Å². The molecule has 0 atom stereocenters. The molecular weight excluding hydrogens is 367 g/mol. The van der Waals surface area contributed by atoms with Crippen molar-refractivity contribution in [3.63, 3.8) is 0 Å². The van der Waals surface area contributed by atoms with Crippen LogP contribution in [0.4, 0.5) is 0 Å². The maximum absolute atomic E-state index is 5.78. The van der Waals surface area contributed by atoms with Gasteiger partial charge in [-0.05, 0) is 46.9 Å². The van der Waals surface area contributed by atoms with Gasteiger partial charge in [-0.3, -0.25) is 0 Å². The van der Waals surface area contributed by atoms with Gasteiger partial charge in [0.1, 0.15) is 11.2 Å². The van der Waals surface area contributed by atoms with Gasteiger partial charge in [0.15, 0.2) is 0 Å². The number of hydrogen-bond acceptors (Lipinski definition) is 1. The molecule has 0 N–H and O–H groups in total. The summed E-state index contributed by atoms with van der Waals surface area (Å²) < 4.78 is 8.08. The zero-order valence-corrected chi connectivity index (χ0v) is 11.4. The van der Waals surface area contributed by atoms with E-state index in [1.165, 1.54) is 8.96 Å². The van der Waals surface area contributed by atoms with Gasteiger partial charge in [-0.2, -0.15) is 0 Å². The second-order valence-electron chi connectivity index (χ2n) is 3.33. The average molecular weight is 373 g/mol. The van der Waals surface area contributed by atoms with Crippen LogP contribution in [0.3, 0.4) is 0 Å². The first kappa shape index (κ1) is 9.66. The molecule has 2 aromatic carbocycles. The smallest absolute Gasteiger partial charge is 0.136 e. The highest BCUT2D eigenvalue weighted by Crippen LogP contribution is 2.36. The SMILES string of the molecule is Brc1cccc2oc3cccc(I)c3c12. The van der Waals surface area contributed by atoms with Crippen molar-refractivity contribution in [1.82, 2.24) is 0 Å². The van der Waals surface area contributed by atoms with E-state index in [0.717, 1.165) is 21.0 Å². The zero-order chi connectivity index (χ0) is 10.4. The van der Waals surface area contributed by atoms with E-state index < -0.39 is 0 Å². The van der Waals surface area contributed by atoms with Gasteiger partial charge < -0.3 is 4.42 Å². The van der Waals surface area contributed by atoms with Crippen molar-refractivity contribution in [3.8, 4) is 0 Å². The number of halogens is 2. The fraction of sp³-hybridized carbons (Fsp3) is 0. The quantitative estimate of drug-likeness (QED) is 0.509. The van der Waals surface area contributed by atoms with E-state index in [0.29, 0.717) is 0 Å². The highest BCUT2D eigenvalue weighted by atomic mass is 127. The summed E-state index contributed by atoms with van der Waals surface area (Å²) in [6.45, 7) is 0. The molecule has 0 amide bonds. The van der Waals surface area contributed by atoms with Crippen molar-refractivity contribution in [3.05, 3.63) is 44.4 Å². The Morgan fingerprint density at radius 1 is 0.933 bits per heavy atom. The summed E-state index contributed by atoms with van der Waals surface area (Å²) in [6, 6.07) is 12.1. The number of rotatable bonds is 0. The summed E-state index contributed by atoms with van der Waals surface area (Å²) in [4.78, 5) is 0. The van der Waals surface area contributed by atoms with E-state index in [1.807, 2.05) is 30.3 Å². The van der Waals surface area contributed by atoms with Crippen LogP contribution in [-0.2, 0) is 0 Å². The van der Waals surface area contributed by atoms with Gasteiger partial charge >= 0.3 is 0 Å². The molecule has 0 saturated carbocycles. The van der Waals surface area contributed by atoms with Crippen LogP contribution in [0.25, 0.3) is 21.9 Å². The predicted molar refractivity (Wildman–Crippen MR) is 74.1 cm³/mol. The van der Waals surface area contributed by atoms with Crippen LogP contribution in [0.1, 0.15) is 0 Å². The first-order valence-corrected chi connectivity index (χ1v) is 6.40. The molecular formula is C12H6BrIO. The van der Waals surface area contributed by atoms with Crippen molar-refractivity contribution in [2.45, 2.75) is 0 Å². The molecule has 74 valence electrons. The van der Waals surface area contributed by atoms with E-state index in [2.05, 4.69) is 44.6 Å². The van der Waals surface area contributed by atoms with Crippen molar-refractivity contribution in [2.24, 2.45) is 0 Å². The van der Waals surface area contributed by atoms with E-state index in [9.17, 15) is 0 Å². The van der Waals surface area contributed by atoms with E-state index >= 15 is 0 Å². The molecule has 1 heterocycles. The highest BCUT2D eigenvalue weighted by molar-refractivity contribution is 14.1. The van der Waals surface area contributed by atoms with Crippen LogP contribution in [0, 0.1) is 3.57 Å². The summed E-state index contributed by atoms with van der Waals surface area (Å²) in [5.74, 6) is 0. The standard InChI is InChI=1S/C12H6BrIO/c13-7-3-1-5-9-11(7)12-8(14)4-2-6-10(12)15-9/h1-6H. The lowest BCUT2D eigenvalue weighted by Crippen LogP contribution is -1.73. The van der Waals surface area contributed by atoms with Crippen LogP contribution in [0.15, 0.2) is 45.3 Å². The Morgan fingerprint density at radius 2 is 1.60 bits per heavy atom. The van der Waals surface area contributed by atoms with Gasteiger partial charge in [0.05, 0.1) is 0 Å². The molecule has 15 heavy (non-hydrogen) atoms. The molecule has 0 bridgehead atoms. The fourth-order valence-corrected chi connectivity index (χ4v) is 3.07. The summed E-state index contributed by atoms with van der Waals surface area (Å²) in [7, 11) is 0. The monoisotopic (exact) mass is 372 g/mol. The lowest BCUT2D eigenvalue weighted by Gasteiger charge is -1.94. The summed E-state index contributed by atoms with van der Waals surface area (Å²) in [5.41, 5.74) is 1.88. The molecule has 0 aliphatic rings. The summed E-state index contributed by atoms with van der Waals surface area (Å²) >= 11 is 5.91.